The molecule has 2 atom stereocenters. The molecular formula is C7H13NO3. The molecule has 2 N–H and O–H groups in total. The second kappa shape index (κ2) is 3.69. The Labute approximate surface area is 65.5 Å². The number of aliphatic hydroxyl groups excluding tert-OH is 1. The van der Waals surface area contributed by atoms with Crippen LogP contribution in [0.1, 0.15) is 12.8 Å². The van der Waals surface area contributed by atoms with Gasteiger partial charge in [-0.05, 0) is 6.42 Å². The van der Waals surface area contributed by atoms with Crippen molar-refractivity contribution in [1.82, 2.24) is 5.32 Å². The van der Waals surface area contributed by atoms with E-state index in [1.165, 1.54) is 7.11 Å². The van der Waals surface area contributed by atoms with Crippen molar-refractivity contribution >= 4 is 5.97 Å². The van der Waals surface area contributed by atoms with Crippen LogP contribution in [0, 0.1) is 0 Å². The summed E-state index contributed by atoms with van der Waals surface area (Å²) >= 11 is 0. The van der Waals surface area contributed by atoms with Crippen LogP contribution in [0.3, 0.4) is 0 Å². The second-order valence-electron chi connectivity index (χ2n) is 2.77. The molecule has 0 amide bonds. The summed E-state index contributed by atoms with van der Waals surface area (Å²) in [5.41, 5.74) is 0. The highest BCUT2D eigenvalue weighted by Gasteiger charge is 2.24. The van der Waals surface area contributed by atoms with Gasteiger partial charge in [0, 0.05) is 12.6 Å². The SMILES string of the molecule is COC(=O)C[C@@H]1C[C@H](O)CN1. The molecule has 0 saturated carbocycles. The molecule has 0 bridgehead atoms. The van der Waals surface area contributed by atoms with Crippen LogP contribution in [-0.2, 0) is 9.53 Å². The molecule has 1 aliphatic rings. The Morgan fingerprint density at radius 1 is 1.82 bits per heavy atom. The molecule has 4 heteroatoms. The highest BCUT2D eigenvalue weighted by atomic mass is 16.5. The molecule has 0 aromatic rings. The number of hydrogen-bond acceptors (Lipinski definition) is 4. The van der Waals surface area contributed by atoms with Crippen molar-refractivity contribution in [3.05, 3.63) is 0 Å². The summed E-state index contributed by atoms with van der Waals surface area (Å²) < 4.78 is 4.49. The molecule has 0 unspecified atom stereocenters. The van der Waals surface area contributed by atoms with E-state index in [-0.39, 0.29) is 18.1 Å². The van der Waals surface area contributed by atoms with E-state index >= 15 is 0 Å². The van der Waals surface area contributed by atoms with Gasteiger partial charge in [0.1, 0.15) is 0 Å². The molecule has 4 nitrogen and oxygen atoms in total. The minimum absolute atomic E-state index is 0.0949. The Bertz CT molecular complexity index is 149. The monoisotopic (exact) mass is 159 g/mol. The van der Waals surface area contributed by atoms with Crippen LogP contribution in [0.5, 0.6) is 0 Å². The summed E-state index contributed by atoms with van der Waals surface area (Å²) in [5, 5.41) is 12.1. The zero-order chi connectivity index (χ0) is 8.27. The number of aliphatic hydroxyl groups is 1. The third-order valence-corrected chi connectivity index (χ3v) is 1.84. The lowest BCUT2D eigenvalue weighted by Crippen LogP contribution is -2.25. The Morgan fingerprint density at radius 3 is 3.00 bits per heavy atom. The Balaban J connectivity index is 2.23. The Morgan fingerprint density at radius 2 is 2.55 bits per heavy atom. The van der Waals surface area contributed by atoms with E-state index in [2.05, 4.69) is 10.1 Å². The van der Waals surface area contributed by atoms with Gasteiger partial charge in [-0.1, -0.05) is 0 Å². The number of carbonyl (C=O) groups is 1. The van der Waals surface area contributed by atoms with Crippen molar-refractivity contribution in [1.29, 1.82) is 0 Å². The van der Waals surface area contributed by atoms with Crippen molar-refractivity contribution in [2.45, 2.75) is 25.0 Å². The van der Waals surface area contributed by atoms with Crippen LogP contribution in [0.15, 0.2) is 0 Å². The largest absolute Gasteiger partial charge is 0.469 e. The molecule has 1 heterocycles. The smallest absolute Gasteiger partial charge is 0.307 e. The van der Waals surface area contributed by atoms with Crippen molar-refractivity contribution < 1.29 is 14.6 Å². The van der Waals surface area contributed by atoms with Gasteiger partial charge in [0.15, 0.2) is 0 Å². The number of methoxy groups -OCH3 is 1. The fourth-order valence-corrected chi connectivity index (χ4v) is 1.24. The molecule has 0 radical (unpaired) electrons. The molecule has 11 heavy (non-hydrogen) atoms. The second-order valence-corrected chi connectivity index (χ2v) is 2.77. The molecule has 64 valence electrons. The van der Waals surface area contributed by atoms with E-state index in [9.17, 15) is 4.79 Å². The minimum Gasteiger partial charge on any atom is -0.469 e. The minimum atomic E-state index is -0.301. The number of ether oxygens (including phenoxy) is 1. The van der Waals surface area contributed by atoms with Crippen LogP contribution in [-0.4, -0.2) is 36.9 Å². The van der Waals surface area contributed by atoms with E-state index in [0.717, 1.165) is 0 Å². The molecule has 0 aliphatic carbocycles. The first-order chi connectivity index (χ1) is 5.22. The van der Waals surface area contributed by atoms with Crippen molar-refractivity contribution in [3.8, 4) is 0 Å². The third-order valence-electron chi connectivity index (χ3n) is 1.84. The van der Waals surface area contributed by atoms with Crippen molar-refractivity contribution in [2.24, 2.45) is 0 Å². The van der Waals surface area contributed by atoms with Crippen molar-refractivity contribution in [3.63, 3.8) is 0 Å². The van der Waals surface area contributed by atoms with Crippen molar-refractivity contribution in [2.75, 3.05) is 13.7 Å². The summed E-state index contributed by atoms with van der Waals surface area (Å²) in [6.07, 6.45) is 0.701. The van der Waals surface area contributed by atoms with E-state index in [1.807, 2.05) is 0 Å². The predicted octanol–water partition coefficient (Wildman–Crippen LogP) is -0.728. The van der Waals surface area contributed by atoms with E-state index in [0.29, 0.717) is 19.4 Å². The van der Waals surface area contributed by atoms with Gasteiger partial charge in [0.05, 0.1) is 19.6 Å². The molecule has 0 aromatic carbocycles. The van der Waals surface area contributed by atoms with Crippen LogP contribution < -0.4 is 5.32 Å². The predicted molar refractivity (Wildman–Crippen MR) is 39.0 cm³/mol. The number of rotatable bonds is 2. The van der Waals surface area contributed by atoms with E-state index in [4.69, 9.17) is 5.11 Å². The molecule has 1 rings (SSSR count). The zero-order valence-corrected chi connectivity index (χ0v) is 6.54. The normalized spacial score (nSPS) is 30.4. The molecule has 0 spiro atoms. The van der Waals surface area contributed by atoms with Gasteiger partial charge in [0.25, 0.3) is 0 Å². The van der Waals surface area contributed by atoms with E-state index in [1.54, 1.807) is 0 Å². The highest BCUT2D eigenvalue weighted by Crippen LogP contribution is 2.09. The van der Waals surface area contributed by atoms with Gasteiger partial charge in [-0.25, -0.2) is 0 Å². The topological polar surface area (TPSA) is 58.6 Å². The maximum atomic E-state index is 10.7. The van der Waals surface area contributed by atoms with Gasteiger partial charge in [-0.15, -0.1) is 0 Å². The summed E-state index contributed by atoms with van der Waals surface area (Å²) in [4.78, 5) is 10.7. The Hall–Kier alpha value is -0.610. The summed E-state index contributed by atoms with van der Waals surface area (Å²) in [6, 6.07) is 0.0949. The maximum Gasteiger partial charge on any atom is 0.307 e. The lowest BCUT2D eigenvalue weighted by atomic mass is 10.1. The van der Waals surface area contributed by atoms with Gasteiger partial charge in [0.2, 0.25) is 0 Å². The van der Waals surface area contributed by atoms with Crippen LogP contribution in [0.2, 0.25) is 0 Å². The molecule has 1 saturated heterocycles. The van der Waals surface area contributed by atoms with Crippen LogP contribution in [0.4, 0.5) is 0 Å². The molecule has 1 fully saturated rings. The fourth-order valence-electron chi connectivity index (χ4n) is 1.24. The third kappa shape index (κ3) is 2.48. The number of carbonyl (C=O) groups excluding carboxylic acids is 1. The van der Waals surface area contributed by atoms with Crippen LogP contribution in [0.25, 0.3) is 0 Å². The first kappa shape index (κ1) is 8.49. The number of β-amino-alcohol motifs (C(OH)–C–C–N with tert-alkyl or cyclic N) is 1. The first-order valence-electron chi connectivity index (χ1n) is 3.70. The summed E-state index contributed by atoms with van der Waals surface area (Å²) in [5.74, 6) is -0.225. The maximum absolute atomic E-state index is 10.7. The molecule has 0 aromatic heterocycles. The lowest BCUT2D eigenvalue weighted by molar-refractivity contribution is -0.141. The fraction of sp³-hybridized carbons (Fsp3) is 0.857. The van der Waals surface area contributed by atoms with Gasteiger partial charge >= 0.3 is 5.97 Å². The first-order valence-corrected chi connectivity index (χ1v) is 3.70. The number of hydrogen-bond donors (Lipinski definition) is 2. The summed E-state index contributed by atoms with van der Waals surface area (Å²) in [7, 11) is 1.37. The standard InChI is InChI=1S/C7H13NO3/c1-11-7(10)3-5-2-6(9)4-8-5/h5-6,8-9H,2-4H2,1H3/t5-,6-/m0/s1. The average Bonchev–Trinajstić information content (AvgIpc) is 2.35. The number of nitrogens with one attached hydrogen (secondary N) is 1. The molecular weight excluding hydrogens is 146 g/mol. The lowest BCUT2D eigenvalue weighted by Gasteiger charge is -2.06. The zero-order valence-electron chi connectivity index (χ0n) is 6.54. The van der Waals surface area contributed by atoms with Crippen LogP contribution >= 0.6 is 0 Å². The summed E-state index contributed by atoms with van der Waals surface area (Å²) in [6.45, 7) is 0.585. The highest BCUT2D eigenvalue weighted by molar-refractivity contribution is 5.69. The van der Waals surface area contributed by atoms with Gasteiger partial charge in [-0.3, -0.25) is 4.79 Å². The van der Waals surface area contributed by atoms with Gasteiger partial charge in [-0.2, -0.15) is 0 Å². The van der Waals surface area contributed by atoms with Gasteiger partial charge < -0.3 is 15.2 Å². The van der Waals surface area contributed by atoms with E-state index < -0.39 is 0 Å². The average molecular weight is 159 g/mol. The molecule has 1 aliphatic heterocycles. The number of esters is 1. The Kier molecular flexibility index (Phi) is 2.84. The quantitative estimate of drug-likeness (QED) is 0.522.